The molecule has 2 fully saturated rings. The van der Waals surface area contributed by atoms with Crippen LogP contribution in [-0.2, 0) is 40.9 Å². The molecule has 3 aromatic carbocycles. The Balaban J connectivity index is 1.10. The molecule has 0 aliphatic carbocycles. The third-order valence-electron chi connectivity index (χ3n) is 11.2. The van der Waals surface area contributed by atoms with Crippen LogP contribution < -0.4 is 18.9 Å². The van der Waals surface area contributed by atoms with E-state index in [1.54, 1.807) is 0 Å². The Morgan fingerprint density at radius 3 is 1.24 bits per heavy atom. The Morgan fingerprint density at radius 1 is 0.561 bits per heavy atom. The fourth-order valence-electron chi connectivity index (χ4n) is 6.85. The summed E-state index contributed by atoms with van der Waals surface area (Å²) in [6.45, 7) is 9.84. The van der Waals surface area contributed by atoms with Crippen LogP contribution in [0.2, 0.25) is 0 Å². The number of unbranched alkanes of at least 4 members (excludes halogenated alkanes) is 4. The quantitative estimate of drug-likeness (QED) is 0.0254. The number of halogens is 8. The molecule has 0 radical (unpaired) electrons. The maximum atomic E-state index is 14.7. The summed E-state index contributed by atoms with van der Waals surface area (Å²) in [5, 5.41) is 0. The van der Waals surface area contributed by atoms with Gasteiger partial charge >= 0.3 is 24.3 Å². The van der Waals surface area contributed by atoms with Gasteiger partial charge in [-0.1, -0.05) is 26.0 Å². The molecular weight excluding hydrogens is 889 g/mol. The van der Waals surface area contributed by atoms with Crippen molar-refractivity contribution in [3.8, 4) is 23.0 Å². The third-order valence-corrected chi connectivity index (χ3v) is 11.2. The van der Waals surface area contributed by atoms with E-state index in [2.05, 4.69) is 23.3 Å². The highest BCUT2D eigenvalue weighted by atomic mass is 19.4. The topological polar surface area (TPSA) is 108 Å². The summed E-state index contributed by atoms with van der Waals surface area (Å²) in [5.74, 6) is -7.89. The molecule has 2 saturated heterocycles. The number of carbonyl (C=O) groups is 2. The van der Waals surface area contributed by atoms with Crippen molar-refractivity contribution in [2.24, 2.45) is 10.8 Å². The minimum absolute atomic E-state index is 0.0636. The van der Waals surface area contributed by atoms with Gasteiger partial charge in [0.2, 0.25) is 0 Å². The number of rotatable bonds is 26. The summed E-state index contributed by atoms with van der Waals surface area (Å²) in [7, 11) is 0. The zero-order valence-corrected chi connectivity index (χ0v) is 36.8. The van der Waals surface area contributed by atoms with E-state index in [1.165, 1.54) is 24.3 Å². The van der Waals surface area contributed by atoms with E-state index in [9.17, 15) is 44.7 Å². The fraction of sp³-hybridized carbons (Fsp3) is 0.500. The molecule has 2 heterocycles. The van der Waals surface area contributed by atoms with E-state index in [0.29, 0.717) is 90.0 Å². The smallest absolute Gasteiger partial charge is 0.420 e. The van der Waals surface area contributed by atoms with Gasteiger partial charge in [0.1, 0.15) is 22.6 Å². The monoisotopic (exact) mass is 942 g/mol. The van der Waals surface area contributed by atoms with Crippen LogP contribution in [0.3, 0.4) is 0 Å². The molecule has 2 aliphatic heterocycles. The molecule has 0 spiro atoms. The molecule has 18 heteroatoms. The van der Waals surface area contributed by atoms with Crippen molar-refractivity contribution in [1.82, 2.24) is 0 Å². The van der Waals surface area contributed by atoms with E-state index < -0.39 is 58.6 Å². The summed E-state index contributed by atoms with van der Waals surface area (Å²) in [4.78, 5) is 25.2. The molecule has 0 saturated carbocycles. The van der Waals surface area contributed by atoms with Crippen molar-refractivity contribution < 1.29 is 82.6 Å². The number of benzene rings is 3. The molecule has 10 nitrogen and oxygen atoms in total. The second-order valence-electron chi connectivity index (χ2n) is 16.3. The van der Waals surface area contributed by atoms with Gasteiger partial charge in [0.05, 0.1) is 52.9 Å². The van der Waals surface area contributed by atoms with Crippen LogP contribution in [0, 0.1) is 22.5 Å². The lowest BCUT2D eigenvalue weighted by Gasteiger charge is -2.40. The van der Waals surface area contributed by atoms with Crippen LogP contribution in [0.5, 0.6) is 23.0 Å². The molecular formula is C48H54F8O10. The number of alkyl halides is 6. The molecule has 5 rings (SSSR count). The lowest BCUT2D eigenvalue weighted by atomic mass is 9.84. The standard InChI is InChI=1S/C48H54F8O10/c1-3-45(29-61-30-45)27-59-21-7-5-9-23-63-37-15-11-33(25-35(37)49)13-19-41(57)65-39-17-18-40(44(48(54,55)56)43(39)47(51,52)53)66-42(58)20-14-34-12-16-38(36(50)26-34)64-24-10-6-8-22-60-28-46(4-2)31-62-32-46/h11-20,25-26H,3-10,21-24,27-32H2,1-2H3/b19-13+,20-14+. The Labute approximate surface area is 378 Å². The van der Waals surface area contributed by atoms with Crippen LogP contribution in [0.4, 0.5) is 35.1 Å². The first-order valence-electron chi connectivity index (χ1n) is 21.7. The summed E-state index contributed by atoms with van der Waals surface area (Å²) < 4.78 is 157. The highest BCUT2D eigenvalue weighted by molar-refractivity contribution is 5.90. The van der Waals surface area contributed by atoms with E-state index >= 15 is 0 Å². The SMILES string of the molecule is CCC1(COCCCCCOc2ccc(/C=C/C(=O)Oc3ccc(OC(=O)/C=C/c4ccc(OCCCCCOCC5(CC)COC5)c(F)c4)c(C(F)(F)F)c3C(F)(F)F)cc2F)COC1. The number of esters is 2. The van der Waals surface area contributed by atoms with Gasteiger partial charge in [-0.2, -0.15) is 26.3 Å². The minimum Gasteiger partial charge on any atom is -0.491 e. The van der Waals surface area contributed by atoms with Crippen molar-refractivity contribution in [1.29, 1.82) is 0 Å². The number of carbonyl (C=O) groups excluding carboxylic acids is 2. The van der Waals surface area contributed by atoms with Gasteiger partial charge in [-0.3, -0.25) is 0 Å². The molecule has 0 N–H and O–H groups in total. The highest BCUT2D eigenvalue weighted by Gasteiger charge is 2.49. The first-order valence-corrected chi connectivity index (χ1v) is 21.7. The van der Waals surface area contributed by atoms with Crippen LogP contribution >= 0.6 is 0 Å². The molecule has 362 valence electrons. The predicted octanol–water partition coefficient (Wildman–Crippen LogP) is 11.2. The maximum absolute atomic E-state index is 14.7. The van der Waals surface area contributed by atoms with E-state index in [1.807, 2.05) is 0 Å². The summed E-state index contributed by atoms with van der Waals surface area (Å²) in [6.07, 6.45) is -2.05. The zero-order valence-electron chi connectivity index (χ0n) is 36.8. The van der Waals surface area contributed by atoms with Crippen molar-refractivity contribution in [3.63, 3.8) is 0 Å². The zero-order chi connectivity index (χ0) is 47.8. The van der Waals surface area contributed by atoms with Crippen LogP contribution in [0.25, 0.3) is 12.2 Å². The van der Waals surface area contributed by atoms with Gasteiger partial charge in [0, 0.05) is 36.2 Å². The fourth-order valence-corrected chi connectivity index (χ4v) is 6.85. The predicted molar refractivity (Wildman–Crippen MR) is 226 cm³/mol. The van der Waals surface area contributed by atoms with Gasteiger partial charge in [0.25, 0.3) is 0 Å². The second kappa shape index (κ2) is 24.1. The molecule has 0 aromatic heterocycles. The van der Waals surface area contributed by atoms with Crippen LogP contribution in [-0.4, -0.2) is 78.0 Å². The minimum atomic E-state index is -5.77. The Hall–Kier alpha value is -5.04. The number of hydrogen-bond donors (Lipinski definition) is 0. The lowest BCUT2D eigenvalue weighted by Crippen LogP contribution is -2.45. The first-order chi connectivity index (χ1) is 31.5. The van der Waals surface area contributed by atoms with Gasteiger partial charge in [-0.25, -0.2) is 18.4 Å². The lowest BCUT2D eigenvalue weighted by molar-refractivity contribution is -0.164. The van der Waals surface area contributed by atoms with E-state index in [0.717, 1.165) is 62.8 Å². The maximum Gasteiger partial charge on any atom is 0.420 e. The average Bonchev–Trinajstić information content (AvgIpc) is 3.23. The van der Waals surface area contributed by atoms with Crippen molar-refractivity contribution >= 4 is 24.1 Å². The Kier molecular flexibility index (Phi) is 19.0. The Morgan fingerprint density at radius 2 is 0.924 bits per heavy atom. The van der Waals surface area contributed by atoms with Crippen molar-refractivity contribution in [3.05, 3.63) is 94.6 Å². The first kappa shape index (κ1) is 51.9. The molecule has 0 amide bonds. The Bertz CT molecular complexity index is 1970. The normalized spacial score (nSPS) is 15.7. The van der Waals surface area contributed by atoms with Crippen LogP contribution in [0.15, 0.2) is 60.7 Å². The molecule has 3 aromatic rings. The summed E-state index contributed by atoms with van der Waals surface area (Å²) in [6, 6.07) is 7.99. The largest absolute Gasteiger partial charge is 0.491 e. The van der Waals surface area contributed by atoms with Gasteiger partial charge < -0.3 is 37.9 Å². The van der Waals surface area contributed by atoms with Gasteiger partial charge in [0.15, 0.2) is 23.1 Å². The van der Waals surface area contributed by atoms with Gasteiger partial charge in [-0.05, 0) is 111 Å². The van der Waals surface area contributed by atoms with Crippen LogP contribution in [0.1, 0.15) is 87.5 Å². The molecule has 0 unspecified atom stereocenters. The summed E-state index contributed by atoms with van der Waals surface area (Å²) in [5.41, 5.74) is -4.54. The van der Waals surface area contributed by atoms with E-state index in [-0.39, 0.29) is 46.7 Å². The molecule has 66 heavy (non-hydrogen) atoms. The third kappa shape index (κ3) is 15.3. The molecule has 0 bridgehead atoms. The number of hydrogen-bond acceptors (Lipinski definition) is 10. The highest BCUT2D eigenvalue weighted by Crippen LogP contribution is 2.49. The van der Waals surface area contributed by atoms with Gasteiger partial charge in [-0.15, -0.1) is 0 Å². The molecule has 2 aliphatic rings. The van der Waals surface area contributed by atoms with Crippen molar-refractivity contribution in [2.75, 3.05) is 66.1 Å². The second-order valence-corrected chi connectivity index (χ2v) is 16.3. The summed E-state index contributed by atoms with van der Waals surface area (Å²) >= 11 is 0. The van der Waals surface area contributed by atoms with Crippen molar-refractivity contribution in [2.45, 2.75) is 77.6 Å². The van der Waals surface area contributed by atoms with E-state index in [4.69, 9.17) is 28.4 Å². The average molecular weight is 943 g/mol. The molecule has 0 atom stereocenters. The number of ether oxygens (including phenoxy) is 8.